The summed E-state index contributed by atoms with van der Waals surface area (Å²) >= 11 is 0. The Morgan fingerprint density at radius 1 is 1.08 bits per heavy atom. The van der Waals surface area contributed by atoms with E-state index in [1.165, 1.54) is 0 Å². The highest BCUT2D eigenvalue weighted by Crippen LogP contribution is 2.19. The number of imidazole rings is 1. The van der Waals surface area contributed by atoms with E-state index in [2.05, 4.69) is 20.6 Å². The smallest absolute Gasteiger partial charge is 0.278 e. The first-order valence-electron chi connectivity index (χ1n) is 8.25. The summed E-state index contributed by atoms with van der Waals surface area (Å²) in [6.45, 7) is 2.40. The van der Waals surface area contributed by atoms with Crippen molar-refractivity contribution in [3.05, 3.63) is 58.9 Å². The number of amides is 1. The summed E-state index contributed by atoms with van der Waals surface area (Å²) in [5.74, 6) is 0.0576. The third kappa shape index (κ3) is 2.71. The maximum atomic E-state index is 12.4. The number of benzene rings is 2. The summed E-state index contributed by atoms with van der Waals surface area (Å²) in [4.78, 5) is 29.3. The number of nitrogens with zero attached hydrogens (tertiary/aromatic N) is 5. The molecule has 0 aliphatic heterocycles. The van der Waals surface area contributed by atoms with Crippen molar-refractivity contribution in [1.29, 1.82) is 0 Å². The number of anilines is 1. The monoisotopic (exact) mass is 348 g/mol. The fourth-order valence-electron chi connectivity index (χ4n) is 2.92. The molecule has 0 aliphatic carbocycles. The highest BCUT2D eigenvalue weighted by atomic mass is 16.2. The Morgan fingerprint density at radius 2 is 1.81 bits per heavy atom. The number of para-hydroxylation sites is 2. The van der Waals surface area contributed by atoms with E-state index in [4.69, 9.17) is 0 Å². The molecule has 0 bridgehead atoms. The Kier molecular flexibility index (Phi) is 3.92. The number of hydrogen-bond donors (Lipinski definition) is 1. The van der Waals surface area contributed by atoms with Gasteiger partial charge in [-0.2, -0.15) is 0 Å². The van der Waals surface area contributed by atoms with Crippen molar-refractivity contribution in [2.24, 2.45) is 0 Å². The summed E-state index contributed by atoms with van der Waals surface area (Å²) in [5.41, 5.74) is 1.89. The third-order valence-corrected chi connectivity index (χ3v) is 4.14. The Morgan fingerprint density at radius 3 is 2.62 bits per heavy atom. The van der Waals surface area contributed by atoms with Gasteiger partial charge in [0.2, 0.25) is 11.9 Å². The molecule has 1 amide bonds. The van der Waals surface area contributed by atoms with Crippen molar-refractivity contribution in [2.45, 2.75) is 20.0 Å². The van der Waals surface area contributed by atoms with E-state index in [-0.39, 0.29) is 18.0 Å². The molecule has 4 aromatic rings. The molecule has 0 fully saturated rings. The molecule has 0 aliphatic rings. The van der Waals surface area contributed by atoms with E-state index in [0.717, 1.165) is 15.7 Å². The van der Waals surface area contributed by atoms with E-state index in [1.54, 1.807) is 24.3 Å². The van der Waals surface area contributed by atoms with Crippen LogP contribution in [0.5, 0.6) is 0 Å². The maximum Gasteiger partial charge on any atom is 0.278 e. The van der Waals surface area contributed by atoms with Gasteiger partial charge in [0.15, 0.2) is 0 Å². The second kappa shape index (κ2) is 6.40. The van der Waals surface area contributed by atoms with E-state index in [9.17, 15) is 9.59 Å². The van der Waals surface area contributed by atoms with Gasteiger partial charge in [0.25, 0.3) is 5.56 Å². The molecule has 0 radical (unpaired) electrons. The van der Waals surface area contributed by atoms with Crippen LogP contribution in [0.4, 0.5) is 5.95 Å². The fourth-order valence-corrected chi connectivity index (χ4v) is 2.92. The second-order valence-corrected chi connectivity index (χ2v) is 5.79. The summed E-state index contributed by atoms with van der Waals surface area (Å²) in [5, 5.41) is 11.0. The zero-order valence-electron chi connectivity index (χ0n) is 14.1. The lowest BCUT2D eigenvalue weighted by atomic mass is 10.2. The largest absolute Gasteiger partial charge is 0.310 e. The lowest BCUT2D eigenvalue weighted by molar-refractivity contribution is -0.117. The van der Waals surface area contributed by atoms with Gasteiger partial charge in [-0.1, -0.05) is 29.5 Å². The van der Waals surface area contributed by atoms with Gasteiger partial charge >= 0.3 is 0 Å². The van der Waals surface area contributed by atoms with Gasteiger partial charge in [0, 0.05) is 6.54 Å². The van der Waals surface area contributed by atoms with Crippen molar-refractivity contribution in [3.8, 4) is 0 Å². The van der Waals surface area contributed by atoms with Crippen LogP contribution in [0, 0.1) is 0 Å². The first kappa shape index (κ1) is 15.9. The van der Waals surface area contributed by atoms with Crippen LogP contribution < -0.4 is 10.9 Å². The molecule has 8 nitrogen and oxygen atoms in total. The Labute approximate surface area is 148 Å². The molecule has 26 heavy (non-hydrogen) atoms. The minimum absolute atomic E-state index is 0.233. The lowest BCUT2D eigenvalue weighted by Gasteiger charge is -2.08. The van der Waals surface area contributed by atoms with E-state index in [0.29, 0.717) is 23.4 Å². The van der Waals surface area contributed by atoms with Crippen molar-refractivity contribution in [3.63, 3.8) is 0 Å². The first-order chi connectivity index (χ1) is 12.7. The highest BCUT2D eigenvalue weighted by molar-refractivity contribution is 5.91. The zero-order valence-corrected chi connectivity index (χ0v) is 14.1. The van der Waals surface area contributed by atoms with Crippen molar-refractivity contribution >= 4 is 33.8 Å². The molecule has 0 unspecified atom stereocenters. The molecular formula is C18H16N6O2. The van der Waals surface area contributed by atoms with Crippen LogP contribution in [-0.2, 0) is 17.9 Å². The number of aromatic nitrogens is 5. The number of carbonyl (C=O) groups is 1. The van der Waals surface area contributed by atoms with Crippen molar-refractivity contribution in [1.82, 2.24) is 24.5 Å². The van der Waals surface area contributed by atoms with Crippen LogP contribution >= 0.6 is 0 Å². The van der Waals surface area contributed by atoms with Crippen molar-refractivity contribution < 1.29 is 4.79 Å². The highest BCUT2D eigenvalue weighted by Gasteiger charge is 2.14. The van der Waals surface area contributed by atoms with E-state index < -0.39 is 0 Å². The van der Waals surface area contributed by atoms with Gasteiger partial charge in [-0.05, 0) is 31.2 Å². The predicted octanol–water partition coefficient (Wildman–Crippen LogP) is 1.80. The predicted molar refractivity (Wildman–Crippen MR) is 97.8 cm³/mol. The minimum Gasteiger partial charge on any atom is -0.310 e. The molecule has 0 saturated heterocycles. The van der Waals surface area contributed by atoms with Crippen LogP contribution in [0.1, 0.15) is 6.92 Å². The maximum absolute atomic E-state index is 12.4. The molecule has 0 saturated carbocycles. The van der Waals surface area contributed by atoms with Crippen LogP contribution in [-0.4, -0.2) is 30.5 Å². The third-order valence-electron chi connectivity index (χ3n) is 4.14. The number of rotatable bonds is 4. The van der Waals surface area contributed by atoms with E-state index >= 15 is 0 Å². The number of aryl methyl sites for hydroxylation is 1. The zero-order chi connectivity index (χ0) is 18.1. The van der Waals surface area contributed by atoms with Gasteiger partial charge in [-0.15, -0.1) is 5.10 Å². The molecule has 0 spiro atoms. The molecule has 1 N–H and O–H groups in total. The second-order valence-electron chi connectivity index (χ2n) is 5.79. The molecule has 8 heteroatoms. The van der Waals surface area contributed by atoms with Gasteiger partial charge in [-0.3, -0.25) is 14.9 Å². The van der Waals surface area contributed by atoms with Crippen LogP contribution in [0.3, 0.4) is 0 Å². The van der Waals surface area contributed by atoms with Crippen LogP contribution in [0.15, 0.2) is 53.3 Å². The molecule has 2 heterocycles. The Hall–Kier alpha value is -3.55. The van der Waals surface area contributed by atoms with Gasteiger partial charge in [0.05, 0.1) is 16.4 Å². The normalized spacial score (nSPS) is 11.1. The molecular weight excluding hydrogens is 332 g/mol. The quantitative estimate of drug-likeness (QED) is 0.607. The van der Waals surface area contributed by atoms with Gasteiger partial charge in [0.1, 0.15) is 12.1 Å². The Bertz CT molecular complexity index is 1180. The minimum atomic E-state index is -0.387. The molecule has 0 atom stereocenters. The number of carbonyl (C=O) groups excluding carboxylic acids is 1. The number of nitrogens with one attached hydrogen (secondary N) is 1. The standard InChI is InChI=1S/C18H16N6O2/c1-2-23-15-10-6-5-9-14(15)19-18(23)20-16(25)11-24-17(26)12-7-3-4-8-13(12)21-22-24/h3-10H,2,11H2,1H3,(H,19,20,25). The van der Waals surface area contributed by atoms with E-state index in [1.807, 2.05) is 35.8 Å². The fraction of sp³-hybridized carbons (Fsp3) is 0.167. The number of fused-ring (bicyclic) bond motifs is 2. The number of hydrogen-bond acceptors (Lipinski definition) is 5. The van der Waals surface area contributed by atoms with Gasteiger partial charge in [-0.25, -0.2) is 9.67 Å². The summed E-state index contributed by atoms with van der Waals surface area (Å²) in [7, 11) is 0. The molecule has 2 aromatic carbocycles. The van der Waals surface area contributed by atoms with Crippen LogP contribution in [0.25, 0.3) is 21.9 Å². The Balaban J connectivity index is 1.62. The topological polar surface area (TPSA) is 94.7 Å². The van der Waals surface area contributed by atoms with Crippen LogP contribution in [0.2, 0.25) is 0 Å². The van der Waals surface area contributed by atoms with Gasteiger partial charge < -0.3 is 4.57 Å². The lowest BCUT2D eigenvalue weighted by Crippen LogP contribution is -2.31. The average Bonchev–Trinajstić information content (AvgIpc) is 3.01. The summed E-state index contributed by atoms with van der Waals surface area (Å²) < 4.78 is 2.96. The summed E-state index contributed by atoms with van der Waals surface area (Å²) in [6, 6.07) is 14.5. The molecule has 130 valence electrons. The first-order valence-corrected chi connectivity index (χ1v) is 8.25. The molecule has 2 aromatic heterocycles. The molecule has 4 rings (SSSR count). The SMILES string of the molecule is CCn1c(NC(=O)Cn2nnc3ccccc3c2=O)nc2ccccc21. The average molecular weight is 348 g/mol. The summed E-state index contributed by atoms with van der Waals surface area (Å²) in [6.07, 6.45) is 0. The van der Waals surface area contributed by atoms with Crippen molar-refractivity contribution in [2.75, 3.05) is 5.32 Å².